The molecule has 0 aromatic carbocycles. The minimum atomic E-state index is -0.367. The molecule has 1 aliphatic heterocycles. The number of carbonyl (C=O) groups excluding carboxylic acids is 1. The van der Waals surface area contributed by atoms with E-state index in [1.165, 1.54) is 0 Å². The number of ether oxygens (including phenoxy) is 2. The summed E-state index contributed by atoms with van der Waals surface area (Å²) in [5, 5.41) is 0. The van der Waals surface area contributed by atoms with Gasteiger partial charge in [-0.05, 0) is 26.7 Å². The van der Waals surface area contributed by atoms with Crippen molar-refractivity contribution in [1.82, 2.24) is 4.90 Å². The average Bonchev–Trinajstić information content (AvgIpc) is 2.65. The molecule has 96 valence electrons. The van der Waals surface area contributed by atoms with Gasteiger partial charge in [-0.15, -0.1) is 0 Å². The highest BCUT2D eigenvalue weighted by Gasteiger charge is 2.38. The SMILES string of the molecule is CC#CC(=O)N(C)CC1(OC(C)C)CCOC1. The molecule has 1 saturated heterocycles. The highest BCUT2D eigenvalue weighted by molar-refractivity contribution is 5.93. The largest absolute Gasteiger partial charge is 0.378 e. The molecule has 0 aromatic rings. The van der Waals surface area contributed by atoms with Crippen molar-refractivity contribution in [2.75, 3.05) is 26.8 Å². The van der Waals surface area contributed by atoms with Crippen LogP contribution in [0.1, 0.15) is 27.2 Å². The summed E-state index contributed by atoms with van der Waals surface area (Å²) in [6.45, 7) is 7.40. The van der Waals surface area contributed by atoms with Crippen molar-refractivity contribution in [2.24, 2.45) is 0 Å². The lowest BCUT2D eigenvalue weighted by Gasteiger charge is -2.33. The van der Waals surface area contributed by atoms with E-state index < -0.39 is 0 Å². The molecule has 1 rings (SSSR count). The molecule has 1 unspecified atom stereocenters. The van der Waals surface area contributed by atoms with Crippen LogP contribution in [0, 0.1) is 11.8 Å². The van der Waals surface area contributed by atoms with E-state index in [1.54, 1.807) is 18.9 Å². The van der Waals surface area contributed by atoms with Crippen LogP contribution >= 0.6 is 0 Å². The quantitative estimate of drug-likeness (QED) is 0.688. The molecule has 4 heteroatoms. The third-order valence-corrected chi connectivity index (χ3v) is 2.66. The maximum Gasteiger partial charge on any atom is 0.298 e. The van der Waals surface area contributed by atoms with Crippen molar-refractivity contribution >= 4 is 5.91 Å². The molecule has 0 aromatic heterocycles. The van der Waals surface area contributed by atoms with E-state index in [-0.39, 0.29) is 17.6 Å². The normalized spacial score (nSPS) is 23.4. The van der Waals surface area contributed by atoms with Gasteiger partial charge >= 0.3 is 0 Å². The van der Waals surface area contributed by atoms with E-state index in [0.29, 0.717) is 19.8 Å². The number of likely N-dealkylation sites (N-methyl/N-ethyl adjacent to an activating group) is 1. The summed E-state index contributed by atoms with van der Waals surface area (Å²) in [5.74, 6) is 4.97. The Bertz CT molecular complexity index is 321. The first-order valence-corrected chi connectivity index (χ1v) is 5.92. The summed E-state index contributed by atoms with van der Waals surface area (Å²) < 4.78 is 11.3. The Balaban J connectivity index is 2.65. The van der Waals surface area contributed by atoms with Gasteiger partial charge < -0.3 is 14.4 Å². The molecule has 0 saturated carbocycles. The summed E-state index contributed by atoms with van der Waals surface area (Å²) in [4.78, 5) is 13.2. The van der Waals surface area contributed by atoms with Crippen LogP contribution in [0.15, 0.2) is 0 Å². The van der Waals surface area contributed by atoms with Crippen LogP contribution in [0.5, 0.6) is 0 Å². The fourth-order valence-corrected chi connectivity index (χ4v) is 2.05. The van der Waals surface area contributed by atoms with Crippen molar-refractivity contribution < 1.29 is 14.3 Å². The molecule has 1 atom stereocenters. The number of rotatable bonds is 4. The number of amides is 1. The van der Waals surface area contributed by atoms with Gasteiger partial charge in [-0.25, -0.2) is 0 Å². The summed E-state index contributed by atoms with van der Waals surface area (Å²) in [7, 11) is 1.75. The van der Waals surface area contributed by atoms with E-state index in [4.69, 9.17) is 9.47 Å². The third kappa shape index (κ3) is 4.03. The molecular weight excluding hydrogens is 218 g/mol. The topological polar surface area (TPSA) is 38.8 Å². The zero-order chi connectivity index (χ0) is 12.9. The summed E-state index contributed by atoms with van der Waals surface area (Å²) in [6, 6.07) is 0. The Morgan fingerprint density at radius 2 is 2.29 bits per heavy atom. The Labute approximate surface area is 103 Å². The predicted molar refractivity (Wildman–Crippen MR) is 65.5 cm³/mol. The summed E-state index contributed by atoms with van der Waals surface area (Å²) in [5.41, 5.74) is -0.367. The number of hydrogen-bond donors (Lipinski definition) is 0. The van der Waals surface area contributed by atoms with Crippen LogP contribution in [0.4, 0.5) is 0 Å². The van der Waals surface area contributed by atoms with E-state index in [9.17, 15) is 4.79 Å². The van der Waals surface area contributed by atoms with E-state index in [1.807, 2.05) is 13.8 Å². The van der Waals surface area contributed by atoms with Gasteiger partial charge in [-0.3, -0.25) is 4.79 Å². The van der Waals surface area contributed by atoms with E-state index >= 15 is 0 Å². The maximum absolute atomic E-state index is 11.6. The van der Waals surface area contributed by atoms with Gasteiger partial charge in [-0.2, -0.15) is 0 Å². The minimum Gasteiger partial charge on any atom is -0.378 e. The highest BCUT2D eigenvalue weighted by Crippen LogP contribution is 2.25. The average molecular weight is 239 g/mol. The fraction of sp³-hybridized carbons (Fsp3) is 0.769. The molecule has 0 bridgehead atoms. The van der Waals surface area contributed by atoms with Gasteiger partial charge in [0.15, 0.2) is 0 Å². The molecule has 1 fully saturated rings. The van der Waals surface area contributed by atoms with Crippen molar-refractivity contribution in [1.29, 1.82) is 0 Å². The number of hydrogen-bond acceptors (Lipinski definition) is 3. The fourth-order valence-electron chi connectivity index (χ4n) is 2.05. The molecule has 1 heterocycles. The van der Waals surface area contributed by atoms with Gasteiger partial charge in [-0.1, -0.05) is 5.92 Å². The van der Waals surface area contributed by atoms with Crippen LogP contribution in [0.2, 0.25) is 0 Å². The predicted octanol–water partition coefficient (Wildman–Crippen LogP) is 1.05. The van der Waals surface area contributed by atoms with Crippen LogP contribution in [0.3, 0.4) is 0 Å². The van der Waals surface area contributed by atoms with Crippen molar-refractivity contribution in [2.45, 2.75) is 38.9 Å². The first-order valence-electron chi connectivity index (χ1n) is 5.92. The second-order valence-corrected chi connectivity index (χ2v) is 4.69. The lowest BCUT2D eigenvalue weighted by molar-refractivity contribution is -0.133. The molecule has 1 aliphatic rings. The molecule has 4 nitrogen and oxygen atoms in total. The Morgan fingerprint density at radius 3 is 2.76 bits per heavy atom. The Kier molecular flexibility index (Phi) is 4.98. The van der Waals surface area contributed by atoms with Gasteiger partial charge in [0.2, 0.25) is 0 Å². The van der Waals surface area contributed by atoms with E-state index in [0.717, 1.165) is 6.42 Å². The zero-order valence-electron chi connectivity index (χ0n) is 11.1. The second-order valence-electron chi connectivity index (χ2n) is 4.69. The minimum absolute atomic E-state index is 0.123. The molecule has 1 amide bonds. The highest BCUT2D eigenvalue weighted by atomic mass is 16.6. The molecule has 0 radical (unpaired) electrons. The smallest absolute Gasteiger partial charge is 0.298 e. The lowest BCUT2D eigenvalue weighted by atomic mass is 10.0. The van der Waals surface area contributed by atoms with Crippen molar-refractivity contribution in [3.05, 3.63) is 0 Å². The zero-order valence-corrected chi connectivity index (χ0v) is 11.1. The first-order chi connectivity index (χ1) is 7.99. The van der Waals surface area contributed by atoms with Crippen LogP contribution in [-0.2, 0) is 14.3 Å². The van der Waals surface area contributed by atoms with Crippen LogP contribution in [-0.4, -0.2) is 49.3 Å². The summed E-state index contributed by atoms with van der Waals surface area (Å²) >= 11 is 0. The molecule has 0 spiro atoms. The standard InChI is InChI=1S/C13H21NO3/c1-5-6-12(15)14(4)9-13(17-11(2)3)7-8-16-10-13/h11H,7-10H2,1-4H3. The third-order valence-electron chi connectivity index (χ3n) is 2.66. The molecule has 0 N–H and O–H groups in total. The van der Waals surface area contributed by atoms with Crippen LogP contribution < -0.4 is 0 Å². The van der Waals surface area contributed by atoms with Crippen LogP contribution in [0.25, 0.3) is 0 Å². The van der Waals surface area contributed by atoms with Crippen molar-refractivity contribution in [3.63, 3.8) is 0 Å². The molecule has 17 heavy (non-hydrogen) atoms. The van der Waals surface area contributed by atoms with E-state index in [2.05, 4.69) is 11.8 Å². The number of nitrogens with zero attached hydrogens (tertiary/aromatic N) is 1. The van der Waals surface area contributed by atoms with Gasteiger partial charge in [0, 0.05) is 20.1 Å². The maximum atomic E-state index is 11.6. The number of carbonyl (C=O) groups is 1. The van der Waals surface area contributed by atoms with Gasteiger partial charge in [0.25, 0.3) is 5.91 Å². The summed E-state index contributed by atoms with van der Waals surface area (Å²) in [6.07, 6.45) is 0.944. The molecular formula is C13H21NO3. The Morgan fingerprint density at radius 1 is 1.59 bits per heavy atom. The van der Waals surface area contributed by atoms with Gasteiger partial charge in [0.1, 0.15) is 5.60 Å². The lowest BCUT2D eigenvalue weighted by Crippen LogP contribution is -2.47. The van der Waals surface area contributed by atoms with Gasteiger partial charge in [0.05, 0.1) is 19.3 Å². The van der Waals surface area contributed by atoms with Crippen molar-refractivity contribution in [3.8, 4) is 11.8 Å². The Hall–Kier alpha value is -1.05. The monoisotopic (exact) mass is 239 g/mol. The second kappa shape index (κ2) is 6.04. The first kappa shape index (κ1) is 14.0. The molecule has 0 aliphatic carbocycles.